The first-order valence-corrected chi connectivity index (χ1v) is 6.38. The van der Waals surface area contributed by atoms with Crippen LogP contribution in [0.1, 0.15) is 43.4 Å². The Bertz CT molecular complexity index is 385. The quantitative estimate of drug-likeness (QED) is 0.806. The number of hydrogen-bond donors (Lipinski definition) is 2. The summed E-state index contributed by atoms with van der Waals surface area (Å²) in [4.78, 5) is 13.6. The van der Waals surface area contributed by atoms with Gasteiger partial charge < -0.3 is 10.0 Å². The van der Waals surface area contributed by atoms with Crippen molar-refractivity contribution in [1.29, 1.82) is 0 Å². The van der Waals surface area contributed by atoms with Crippen molar-refractivity contribution < 1.29 is 9.90 Å². The van der Waals surface area contributed by atoms with Gasteiger partial charge in [0.25, 0.3) is 5.91 Å². The number of aromatic amines is 1. The highest BCUT2D eigenvalue weighted by Crippen LogP contribution is 2.08. The molecule has 0 aliphatic rings. The van der Waals surface area contributed by atoms with Crippen LogP contribution in [-0.4, -0.2) is 45.8 Å². The van der Waals surface area contributed by atoms with Crippen LogP contribution >= 0.6 is 0 Å². The maximum absolute atomic E-state index is 12.0. The van der Waals surface area contributed by atoms with Gasteiger partial charge in [-0.2, -0.15) is 5.10 Å². The van der Waals surface area contributed by atoms with E-state index >= 15 is 0 Å². The molecule has 5 heteroatoms. The Labute approximate surface area is 108 Å². The maximum Gasteiger partial charge on any atom is 0.274 e. The molecule has 0 aromatic carbocycles. The number of hydrogen-bond acceptors (Lipinski definition) is 3. The Morgan fingerprint density at radius 1 is 1.50 bits per heavy atom. The summed E-state index contributed by atoms with van der Waals surface area (Å²) in [6, 6.07) is 1.81. The Balaban J connectivity index is 2.57. The van der Waals surface area contributed by atoms with Gasteiger partial charge in [-0.05, 0) is 31.7 Å². The highest BCUT2D eigenvalue weighted by Gasteiger charge is 2.15. The summed E-state index contributed by atoms with van der Waals surface area (Å²) in [5, 5.41) is 16.1. The molecule has 1 amide bonds. The Kier molecular flexibility index (Phi) is 5.34. The van der Waals surface area contributed by atoms with E-state index in [0.29, 0.717) is 24.6 Å². The van der Waals surface area contributed by atoms with Gasteiger partial charge in [-0.3, -0.25) is 9.89 Å². The molecule has 1 aromatic heterocycles. The van der Waals surface area contributed by atoms with Gasteiger partial charge >= 0.3 is 0 Å². The first-order chi connectivity index (χ1) is 8.40. The molecule has 0 bridgehead atoms. The third kappa shape index (κ3) is 4.49. The fourth-order valence-electron chi connectivity index (χ4n) is 1.69. The van der Waals surface area contributed by atoms with E-state index in [1.54, 1.807) is 24.9 Å². The molecule has 0 saturated heterocycles. The number of H-pyrrole nitrogens is 1. The molecule has 1 unspecified atom stereocenters. The average molecular weight is 253 g/mol. The van der Waals surface area contributed by atoms with E-state index in [1.165, 1.54) is 0 Å². The topological polar surface area (TPSA) is 69.2 Å². The van der Waals surface area contributed by atoms with Crippen molar-refractivity contribution in [3.63, 3.8) is 0 Å². The second kappa shape index (κ2) is 6.54. The molecule has 0 saturated carbocycles. The maximum atomic E-state index is 12.0. The molecule has 5 nitrogen and oxygen atoms in total. The van der Waals surface area contributed by atoms with Gasteiger partial charge in [-0.25, -0.2) is 0 Å². The molecule has 0 aliphatic heterocycles. The molecular formula is C13H23N3O2. The second-order valence-corrected chi connectivity index (χ2v) is 5.24. The largest absolute Gasteiger partial charge is 0.393 e. The second-order valence-electron chi connectivity index (χ2n) is 5.24. The van der Waals surface area contributed by atoms with Crippen LogP contribution in [0.4, 0.5) is 0 Å². The summed E-state index contributed by atoms with van der Waals surface area (Å²) in [6.07, 6.45) is 1.07. The standard InChI is InChI=1S/C13H23N3O2/c1-9(2)7-11-8-12(15-14-11)13(18)16(4)6-5-10(3)17/h8-10,17H,5-7H2,1-4H3,(H,14,15). The lowest BCUT2D eigenvalue weighted by Crippen LogP contribution is -2.29. The van der Waals surface area contributed by atoms with Crippen LogP contribution in [0.15, 0.2) is 6.07 Å². The monoisotopic (exact) mass is 253 g/mol. The molecule has 1 aromatic rings. The molecule has 0 spiro atoms. The fourth-order valence-corrected chi connectivity index (χ4v) is 1.69. The Morgan fingerprint density at radius 2 is 2.17 bits per heavy atom. The minimum Gasteiger partial charge on any atom is -0.393 e. The predicted octanol–water partition coefficient (Wildman–Crippen LogP) is 1.45. The number of carbonyl (C=O) groups is 1. The lowest BCUT2D eigenvalue weighted by atomic mass is 10.1. The minimum atomic E-state index is -0.393. The first-order valence-electron chi connectivity index (χ1n) is 6.38. The van der Waals surface area contributed by atoms with E-state index < -0.39 is 6.10 Å². The Hall–Kier alpha value is -1.36. The normalized spacial score (nSPS) is 12.8. The number of aliphatic hydroxyl groups is 1. The smallest absolute Gasteiger partial charge is 0.274 e. The van der Waals surface area contributed by atoms with Crippen LogP contribution in [0.3, 0.4) is 0 Å². The van der Waals surface area contributed by atoms with E-state index in [2.05, 4.69) is 24.0 Å². The zero-order valence-electron chi connectivity index (χ0n) is 11.6. The minimum absolute atomic E-state index is 0.109. The summed E-state index contributed by atoms with van der Waals surface area (Å²) in [5.41, 5.74) is 1.43. The number of rotatable bonds is 6. The number of amides is 1. The third-order valence-electron chi connectivity index (χ3n) is 2.71. The van der Waals surface area contributed by atoms with Crippen LogP contribution in [0, 0.1) is 5.92 Å². The van der Waals surface area contributed by atoms with E-state index in [9.17, 15) is 9.90 Å². The Morgan fingerprint density at radius 3 is 2.72 bits per heavy atom. The zero-order valence-corrected chi connectivity index (χ0v) is 11.6. The van der Waals surface area contributed by atoms with E-state index in [-0.39, 0.29) is 5.91 Å². The number of nitrogens with zero attached hydrogens (tertiary/aromatic N) is 2. The van der Waals surface area contributed by atoms with Crippen LogP contribution in [0.2, 0.25) is 0 Å². The van der Waals surface area contributed by atoms with Crippen molar-refractivity contribution in [3.8, 4) is 0 Å². The van der Waals surface area contributed by atoms with Crippen molar-refractivity contribution >= 4 is 5.91 Å². The number of carbonyl (C=O) groups excluding carboxylic acids is 1. The van der Waals surface area contributed by atoms with Gasteiger partial charge in [0.05, 0.1) is 6.10 Å². The molecule has 0 aliphatic carbocycles. The summed E-state index contributed by atoms with van der Waals surface area (Å²) in [5.74, 6) is 0.420. The van der Waals surface area contributed by atoms with Crippen LogP contribution in [0.25, 0.3) is 0 Å². The lowest BCUT2D eigenvalue weighted by Gasteiger charge is -2.16. The van der Waals surface area contributed by atoms with Crippen molar-refractivity contribution in [3.05, 3.63) is 17.5 Å². The van der Waals surface area contributed by atoms with Gasteiger partial charge in [0, 0.05) is 19.3 Å². The average Bonchev–Trinajstić information content (AvgIpc) is 2.72. The van der Waals surface area contributed by atoms with Gasteiger partial charge in [0.15, 0.2) is 0 Å². The molecule has 102 valence electrons. The predicted molar refractivity (Wildman–Crippen MR) is 70.4 cm³/mol. The highest BCUT2D eigenvalue weighted by atomic mass is 16.3. The molecule has 1 heterocycles. The van der Waals surface area contributed by atoms with Crippen LogP contribution in [-0.2, 0) is 6.42 Å². The highest BCUT2D eigenvalue weighted by molar-refractivity contribution is 5.92. The van der Waals surface area contributed by atoms with Gasteiger partial charge in [0.1, 0.15) is 5.69 Å². The van der Waals surface area contributed by atoms with E-state index in [1.807, 2.05) is 0 Å². The summed E-state index contributed by atoms with van der Waals surface area (Å²) < 4.78 is 0. The number of nitrogens with one attached hydrogen (secondary N) is 1. The van der Waals surface area contributed by atoms with Gasteiger partial charge in [-0.15, -0.1) is 0 Å². The first kappa shape index (κ1) is 14.7. The van der Waals surface area contributed by atoms with Crippen molar-refractivity contribution in [2.45, 2.75) is 39.7 Å². The molecule has 2 N–H and O–H groups in total. The fraction of sp³-hybridized carbons (Fsp3) is 0.692. The van der Waals surface area contributed by atoms with Crippen LogP contribution in [0.5, 0.6) is 0 Å². The lowest BCUT2D eigenvalue weighted by molar-refractivity contribution is 0.0763. The molecule has 0 radical (unpaired) electrons. The SMILES string of the molecule is CC(C)Cc1cc(C(=O)N(C)CCC(C)O)n[nH]1. The third-order valence-corrected chi connectivity index (χ3v) is 2.71. The number of aliphatic hydroxyl groups excluding tert-OH is 1. The summed E-state index contributed by atoms with van der Waals surface area (Å²) in [7, 11) is 1.72. The van der Waals surface area contributed by atoms with Gasteiger partial charge in [0.2, 0.25) is 0 Å². The summed E-state index contributed by atoms with van der Waals surface area (Å²) >= 11 is 0. The van der Waals surface area contributed by atoms with Gasteiger partial charge in [-0.1, -0.05) is 13.8 Å². The van der Waals surface area contributed by atoms with Crippen LogP contribution < -0.4 is 0 Å². The summed E-state index contributed by atoms with van der Waals surface area (Å²) in [6.45, 7) is 6.49. The number of aromatic nitrogens is 2. The molecule has 18 heavy (non-hydrogen) atoms. The molecule has 0 fully saturated rings. The van der Waals surface area contributed by atoms with Crippen molar-refractivity contribution in [2.75, 3.05) is 13.6 Å². The van der Waals surface area contributed by atoms with E-state index in [4.69, 9.17) is 0 Å². The van der Waals surface area contributed by atoms with Crippen molar-refractivity contribution in [1.82, 2.24) is 15.1 Å². The van der Waals surface area contributed by atoms with Crippen molar-refractivity contribution in [2.24, 2.45) is 5.92 Å². The molecular weight excluding hydrogens is 230 g/mol. The molecule has 1 rings (SSSR count). The zero-order chi connectivity index (χ0) is 13.7. The molecule has 1 atom stereocenters. The van der Waals surface area contributed by atoms with E-state index in [0.717, 1.165) is 12.1 Å².